The van der Waals surface area contributed by atoms with Crippen molar-refractivity contribution >= 4 is 17.7 Å². The van der Waals surface area contributed by atoms with Crippen LogP contribution in [0.1, 0.15) is 39.2 Å². The summed E-state index contributed by atoms with van der Waals surface area (Å²) >= 11 is 1.80. The van der Waals surface area contributed by atoms with Gasteiger partial charge in [0.2, 0.25) is 0 Å². The Balaban J connectivity index is 2.46. The van der Waals surface area contributed by atoms with E-state index in [1.54, 1.807) is 18.7 Å². The van der Waals surface area contributed by atoms with E-state index in [0.29, 0.717) is 6.42 Å². The number of hydrogen-bond donors (Lipinski definition) is 2. The third kappa shape index (κ3) is 5.17. The third-order valence-corrected chi connectivity index (χ3v) is 4.51. The van der Waals surface area contributed by atoms with Crippen molar-refractivity contribution < 1.29 is 9.90 Å². The Morgan fingerprint density at radius 3 is 2.60 bits per heavy atom. The van der Waals surface area contributed by atoms with E-state index >= 15 is 0 Å². The number of aliphatic carboxylic acids is 1. The fourth-order valence-corrected chi connectivity index (χ4v) is 3.18. The first-order valence-corrected chi connectivity index (χ1v) is 8.03. The monoisotopic (exact) mass is 295 g/mol. The van der Waals surface area contributed by atoms with Crippen molar-refractivity contribution in [3.63, 3.8) is 0 Å². The van der Waals surface area contributed by atoms with Gasteiger partial charge < -0.3 is 5.11 Å². The van der Waals surface area contributed by atoms with Crippen molar-refractivity contribution in [1.29, 1.82) is 0 Å². The van der Waals surface area contributed by atoms with E-state index in [9.17, 15) is 9.90 Å². The fraction of sp³-hybridized carbons (Fsp3) is 0.562. The zero-order valence-corrected chi connectivity index (χ0v) is 13.6. The van der Waals surface area contributed by atoms with E-state index in [1.165, 1.54) is 10.5 Å². The molecule has 1 rings (SSSR count). The van der Waals surface area contributed by atoms with Crippen molar-refractivity contribution in [2.75, 3.05) is 5.75 Å². The Morgan fingerprint density at radius 1 is 1.40 bits per heavy atom. The molecule has 0 aromatic heterocycles. The number of hydrogen-bond acceptors (Lipinski definition) is 3. The first-order valence-electron chi connectivity index (χ1n) is 7.04. The van der Waals surface area contributed by atoms with Gasteiger partial charge in [0.05, 0.1) is 0 Å². The van der Waals surface area contributed by atoms with Crippen LogP contribution in [0.3, 0.4) is 0 Å². The van der Waals surface area contributed by atoms with Crippen LogP contribution in [0, 0.1) is 6.92 Å². The number of aryl methyl sites for hydroxylation is 1. The molecule has 0 bridgehead atoms. The number of rotatable bonds is 8. The first-order chi connectivity index (χ1) is 9.35. The molecule has 0 aliphatic rings. The Morgan fingerprint density at radius 2 is 2.05 bits per heavy atom. The molecule has 0 aliphatic carbocycles. The number of thioether (sulfide) groups is 1. The summed E-state index contributed by atoms with van der Waals surface area (Å²) in [7, 11) is 0. The van der Waals surface area contributed by atoms with Crippen LogP contribution in [0.4, 0.5) is 0 Å². The highest BCUT2D eigenvalue weighted by atomic mass is 32.2. The number of carboxylic acids is 1. The second-order valence-electron chi connectivity index (χ2n) is 5.65. The summed E-state index contributed by atoms with van der Waals surface area (Å²) in [6, 6.07) is 8.46. The molecule has 1 unspecified atom stereocenters. The standard InChI is InChI=1S/C16H25NO2S/c1-12(2)17-16(4,15(18)19)10-7-11-20-14-9-6-5-8-13(14)3/h5-6,8-9,12,17H,7,10-11H2,1-4H3,(H,18,19). The van der Waals surface area contributed by atoms with Gasteiger partial charge in [0.25, 0.3) is 0 Å². The van der Waals surface area contributed by atoms with Gasteiger partial charge in [0.1, 0.15) is 5.54 Å². The van der Waals surface area contributed by atoms with Crippen LogP contribution < -0.4 is 5.32 Å². The van der Waals surface area contributed by atoms with Gasteiger partial charge in [-0.2, -0.15) is 0 Å². The van der Waals surface area contributed by atoms with Crippen LogP contribution in [0.15, 0.2) is 29.2 Å². The topological polar surface area (TPSA) is 49.3 Å². The minimum atomic E-state index is -0.833. The SMILES string of the molecule is Cc1ccccc1SCCCC(C)(NC(C)C)C(=O)O. The minimum Gasteiger partial charge on any atom is -0.480 e. The van der Waals surface area contributed by atoms with Gasteiger partial charge in [-0.25, -0.2) is 0 Å². The number of carbonyl (C=O) groups is 1. The zero-order valence-electron chi connectivity index (χ0n) is 12.8. The van der Waals surface area contributed by atoms with Gasteiger partial charge in [-0.3, -0.25) is 10.1 Å². The molecule has 0 heterocycles. The van der Waals surface area contributed by atoms with Gasteiger partial charge in [-0.1, -0.05) is 18.2 Å². The molecular weight excluding hydrogens is 270 g/mol. The zero-order chi connectivity index (χ0) is 15.2. The molecule has 1 aromatic rings. The second-order valence-corrected chi connectivity index (χ2v) is 6.79. The fourth-order valence-electron chi connectivity index (χ4n) is 2.20. The highest BCUT2D eigenvalue weighted by Crippen LogP contribution is 2.24. The molecule has 0 saturated carbocycles. The Labute approximate surface area is 126 Å². The van der Waals surface area contributed by atoms with Crippen molar-refractivity contribution in [1.82, 2.24) is 5.32 Å². The smallest absolute Gasteiger partial charge is 0.323 e. The molecule has 4 heteroatoms. The summed E-state index contributed by atoms with van der Waals surface area (Å²) in [5.74, 6) is 0.167. The van der Waals surface area contributed by atoms with Crippen LogP contribution in [-0.2, 0) is 4.79 Å². The summed E-state index contributed by atoms with van der Waals surface area (Å²) in [5.41, 5.74) is 0.444. The summed E-state index contributed by atoms with van der Waals surface area (Å²) in [6.07, 6.45) is 1.51. The van der Waals surface area contributed by atoms with Crippen molar-refractivity contribution in [2.45, 2.75) is 57.0 Å². The highest BCUT2D eigenvalue weighted by Gasteiger charge is 2.32. The number of nitrogens with one attached hydrogen (secondary N) is 1. The summed E-state index contributed by atoms with van der Waals surface area (Å²) < 4.78 is 0. The van der Waals surface area contributed by atoms with Gasteiger partial charge in [-0.05, 0) is 57.9 Å². The molecule has 0 amide bonds. The lowest BCUT2D eigenvalue weighted by Crippen LogP contribution is -2.52. The lowest BCUT2D eigenvalue weighted by Gasteiger charge is -2.28. The predicted octanol–water partition coefficient (Wildman–Crippen LogP) is 3.71. The predicted molar refractivity (Wildman–Crippen MR) is 85.4 cm³/mol. The molecule has 2 N–H and O–H groups in total. The van der Waals surface area contributed by atoms with Crippen LogP contribution in [0.25, 0.3) is 0 Å². The van der Waals surface area contributed by atoms with Crippen LogP contribution in [-0.4, -0.2) is 28.4 Å². The van der Waals surface area contributed by atoms with Crippen LogP contribution >= 0.6 is 11.8 Å². The maximum absolute atomic E-state index is 11.4. The molecular formula is C16H25NO2S. The molecule has 3 nitrogen and oxygen atoms in total. The largest absolute Gasteiger partial charge is 0.480 e. The first kappa shape index (κ1) is 17.1. The van der Waals surface area contributed by atoms with Crippen molar-refractivity contribution in [3.8, 4) is 0 Å². The highest BCUT2D eigenvalue weighted by molar-refractivity contribution is 7.99. The quantitative estimate of drug-likeness (QED) is 0.567. The summed E-state index contributed by atoms with van der Waals surface area (Å²) in [5, 5.41) is 12.5. The van der Waals surface area contributed by atoms with Gasteiger partial charge in [-0.15, -0.1) is 11.8 Å². The average Bonchev–Trinajstić information content (AvgIpc) is 2.35. The number of benzene rings is 1. The van der Waals surface area contributed by atoms with Crippen LogP contribution in [0.5, 0.6) is 0 Å². The summed E-state index contributed by atoms with van der Waals surface area (Å²) in [4.78, 5) is 12.7. The van der Waals surface area contributed by atoms with E-state index < -0.39 is 11.5 Å². The average molecular weight is 295 g/mol. The molecule has 0 spiro atoms. The lowest BCUT2D eigenvalue weighted by atomic mass is 9.95. The molecule has 1 aromatic carbocycles. The minimum absolute atomic E-state index is 0.167. The summed E-state index contributed by atoms with van der Waals surface area (Å²) in [6.45, 7) is 7.82. The van der Waals surface area contributed by atoms with Crippen LogP contribution in [0.2, 0.25) is 0 Å². The van der Waals surface area contributed by atoms with Gasteiger partial charge >= 0.3 is 5.97 Å². The van der Waals surface area contributed by atoms with E-state index in [1.807, 2.05) is 26.0 Å². The van der Waals surface area contributed by atoms with E-state index in [-0.39, 0.29) is 6.04 Å². The Hall–Kier alpha value is -1.00. The maximum Gasteiger partial charge on any atom is 0.323 e. The Bertz CT molecular complexity index is 448. The van der Waals surface area contributed by atoms with Gasteiger partial charge in [0.15, 0.2) is 0 Å². The van der Waals surface area contributed by atoms with E-state index in [0.717, 1.165) is 12.2 Å². The van der Waals surface area contributed by atoms with E-state index in [4.69, 9.17) is 0 Å². The normalized spacial score (nSPS) is 14.2. The second kappa shape index (κ2) is 7.70. The molecule has 0 radical (unpaired) electrons. The molecule has 112 valence electrons. The van der Waals surface area contributed by atoms with Gasteiger partial charge in [0, 0.05) is 10.9 Å². The molecule has 20 heavy (non-hydrogen) atoms. The Kier molecular flexibility index (Phi) is 6.56. The number of carboxylic acid groups (broad SMARTS) is 1. The van der Waals surface area contributed by atoms with Crippen molar-refractivity contribution in [2.24, 2.45) is 0 Å². The maximum atomic E-state index is 11.4. The van der Waals surface area contributed by atoms with Crippen molar-refractivity contribution in [3.05, 3.63) is 29.8 Å². The molecule has 0 fully saturated rings. The van der Waals surface area contributed by atoms with E-state index in [2.05, 4.69) is 24.4 Å². The molecule has 1 atom stereocenters. The molecule has 0 aliphatic heterocycles. The molecule has 0 saturated heterocycles. The lowest BCUT2D eigenvalue weighted by molar-refractivity contribution is -0.144. The third-order valence-electron chi connectivity index (χ3n) is 3.25.